The molecule has 0 bridgehead atoms. The number of fused-ring (bicyclic) bond motifs is 1. The molecule has 39 heavy (non-hydrogen) atoms. The molecule has 0 amide bonds. The van der Waals surface area contributed by atoms with E-state index in [9.17, 15) is 10.1 Å². The maximum atomic E-state index is 14.2. The number of hydrogen-bond donors (Lipinski definition) is 2. The van der Waals surface area contributed by atoms with Crippen molar-refractivity contribution in [3.05, 3.63) is 119 Å². The van der Waals surface area contributed by atoms with Gasteiger partial charge in [0.25, 0.3) is 5.56 Å². The normalized spacial score (nSPS) is 10.8. The van der Waals surface area contributed by atoms with Crippen LogP contribution in [-0.4, -0.2) is 26.7 Å². The molecule has 188 valence electrons. The molecule has 0 spiro atoms. The van der Waals surface area contributed by atoms with E-state index in [1.54, 1.807) is 37.6 Å². The summed E-state index contributed by atoms with van der Waals surface area (Å²) in [6.45, 7) is 0. The first-order valence-electron chi connectivity index (χ1n) is 12.2. The van der Waals surface area contributed by atoms with E-state index in [1.165, 1.54) is 4.52 Å². The van der Waals surface area contributed by atoms with Crippen molar-refractivity contribution in [1.29, 1.82) is 5.26 Å². The topological polar surface area (TPSA) is 108 Å². The second kappa shape index (κ2) is 10.00. The molecule has 0 radical (unpaired) electrons. The maximum Gasteiger partial charge on any atom is 0.284 e. The van der Waals surface area contributed by atoms with Gasteiger partial charge in [-0.15, -0.1) is 0 Å². The molecule has 8 nitrogen and oxygen atoms in total. The summed E-state index contributed by atoms with van der Waals surface area (Å²) < 4.78 is 6.73. The Kier molecular flexibility index (Phi) is 6.07. The number of anilines is 2. The van der Waals surface area contributed by atoms with Crippen LogP contribution >= 0.6 is 0 Å². The van der Waals surface area contributed by atoms with Crippen LogP contribution in [0.1, 0.15) is 5.56 Å². The molecule has 0 aliphatic rings. The molecule has 6 rings (SSSR count). The van der Waals surface area contributed by atoms with Crippen LogP contribution < -0.4 is 15.6 Å². The summed E-state index contributed by atoms with van der Waals surface area (Å²) in [6, 6.07) is 32.2. The Morgan fingerprint density at radius 2 is 1.54 bits per heavy atom. The van der Waals surface area contributed by atoms with Gasteiger partial charge in [0.05, 0.1) is 29.9 Å². The van der Waals surface area contributed by atoms with Crippen LogP contribution in [0.3, 0.4) is 0 Å². The number of ether oxygens (including phenoxy) is 1. The molecule has 8 heteroatoms. The van der Waals surface area contributed by atoms with Crippen molar-refractivity contribution < 1.29 is 4.74 Å². The van der Waals surface area contributed by atoms with E-state index in [1.807, 2.05) is 72.8 Å². The van der Waals surface area contributed by atoms with Gasteiger partial charge in [-0.25, -0.2) is 4.98 Å². The van der Waals surface area contributed by atoms with Crippen molar-refractivity contribution in [1.82, 2.24) is 19.6 Å². The van der Waals surface area contributed by atoms with E-state index < -0.39 is 0 Å². The van der Waals surface area contributed by atoms with Crippen molar-refractivity contribution in [2.75, 3.05) is 12.4 Å². The summed E-state index contributed by atoms with van der Waals surface area (Å²) in [4.78, 5) is 22.0. The van der Waals surface area contributed by atoms with Gasteiger partial charge in [-0.05, 0) is 35.4 Å². The third-order valence-corrected chi connectivity index (χ3v) is 6.42. The zero-order chi connectivity index (χ0) is 26.8. The zero-order valence-corrected chi connectivity index (χ0v) is 20.9. The molecule has 0 aliphatic heterocycles. The number of H-pyrrole nitrogens is 1. The standard InChI is InChI=1S/C31H22N6O2/c1-39-24-14-12-22(13-15-24)27-29(34-25-18-20(19-32)16-17-33-25)35-30-26(21-8-4-2-5-9-21)28(36-37(30)31(27)38)23-10-6-3-7-11-23/h2-18,35H,1H3,(H,33,34). The van der Waals surface area contributed by atoms with Gasteiger partial charge in [-0.3, -0.25) is 4.79 Å². The van der Waals surface area contributed by atoms with Gasteiger partial charge in [0.15, 0.2) is 0 Å². The van der Waals surface area contributed by atoms with Crippen molar-refractivity contribution in [2.45, 2.75) is 0 Å². The maximum absolute atomic E-state index is 14.2. The lowest BCUT2D eigenvalue weighted by Gasteiger charge is -2.13. The number of nitrogens with one attached hydrogen (secondary N) is 2. The quantitative estimate of drug-likeness (QED) is 0.283. The SMILES string of the molecule is COc1ccc(-c2c(Nc3cc(C#N)ccn3)[nH]c3c(-c4ccccc4)c(-c4ccccc4)nn3c2=O)cc1. The Bertz CT molecular complexity index is 1890. The number of benzene rings is 3. The molecule has 0 aliphatic carbocycles. The van der Waals surface area contributed by atoms with E-state index in [-0.39, 0.29) is 5.56 Å². The largest absolute Gasteiger partial charge is 0.497 e. The molecule has 0 unspecified atom stereocenters. The molecular weight excluding hydrogens is 488 g/mol. The predicted octanol–water partition coefficient (Wildman–Crippen LogP) is 6.04. The number of aromatic nitrogens is 4. The minimum Gasteiger partial charge on any atom is -0.497 e. The summed E-state index contributed by atoms with van der Waals surface area (Å²) in [7, 11) is 1.59. The van der Waals surface area contributed by atoms with Gasteiger partial charge in [0.1, 0.15) is 28.7 Å². The first kappa shape index (κ1) is 23.7. The fraction of sp³-hybridized carbons (Fsp3) is 0.0323. The van der Waals surface area contributed by atoms with Crippen molar-refractivity contribution in [3.63, 3.8) is 0 Å². The molecule has 2 N–H and O–H groups in total. The molecule has 0 saturated carbocycles. The van der Waals surface area contributed by atoms with Crippen LogP contribution in [0.4, 0.5) is 11.6 Å². The van der Waals surface area contributed by atoms with Crippen LogP contribution in [0.2, 0.25) is 0 Å². The van der Waals surface area contributed by atoms with Crippen molar-refractivity contribution in [3.8, 4) is 45.3 Å². The van der Waals surface area contributed by atoms with Crippen LogP contribution in [0.25, 0.3) is 39.2 Å². The summed E-state index contributed by atoms with van der Waals surface area (Å²) in [5.74, 6) is 1.52. The fourth-order valence-corrected chi connectivity index (χ4v) is 4.57. The zero-order valence-electron chi connectivity index (χ0n) is 20.9. The number of nitriles is 1. The third kappa shape index (κ3) is 4.38. The Morgan fingerprint density at radius 3 is 2.21 bits per heavy atom. The average Bonchev–Trinajstić information content (AvgIpc) is 3.38. The Labute approximate surface area is 223 Å². The van der Waals surface area contributed by atoms with Crippen LogP contribution in [0, 0.1) is 11.3 Å². The molecule has 3 aromatic carbocycles. The fourth-order valence-electron chi connectivity index (χ4n) is 4.57. The average molecular weight is 511 g/mol. The van der Waals surface area contributed by atoms with Crippen molar-refractivity contribution in [2.24, 2.45) is 0 Å². The Morgan fingerprint density at radius 1 is 0.872 bits per heavy atom. The highest BCUT2D eigenvalue weighted by Crippen LogP contribution is 2.36. The minimum atomic E-state index is -0.313. The second-order valence-electron chi connectivity index (χ2n) is 8.79. The number of hydrogen-bond acceptors (Lipinski definition) is 6. The highest BCUT2D eigenvalue weighted by atomic mass is 16.5. The lowest BCUT2D eigenvalue weighted by atomic mass is 10.0. The van der Waals surface area contributed by atoms with Crippen LogP contribution in [0.5, 0.6) is 5.75 Å². The highest BCUT2D eigenvalue weighted by Gasteiger charge is 2.23. The Hall–Kier alpha value is -5.68. The number of nitrogens with zero attached hydrogens (tertiary/aromatic N) is 4. The number of pyridine rings is 1. The molecule has 0 saturated heterocycles. The number of rotatable bonds is 6. The minimum absolute atomic E-state index is 0.313. The van der Waals surface area contributed by atoms with E-state index in [0.29, 0.717) is 45.4 Å². The summed E-state index contributed by atoms with van der Waals surface area (Å²) in [5, 5.41) is 17.4. The smallest absolute Gasteiger partial charge is 0.284 e. The van der Waals surface area contributed by atoms with Crippen LogP contribution in [0.15, 0.2) is 108 Å². The first-order valence-corrected chi connectivity index (χ1v) is 12.2. The first-order chi connectivity index (χ1) is 19.2. The van der Waals surface area contributed by atoms with Gasteiger partial charge in [0.2, 0.25) is 0 Å². The molecule has 3 heterocycles. The summed E-state index contributed by atoms with van der Waals surface area (Å²) in [5.41, 5.74) is 4.97. The monoisotopic (exact) mass is 510 g/mol. The van der Waals surface area contributed by atoms with Gasteiger partial charge >= 0.3 is 0 Å². The second-order valence-corrected chi connectivity index (χ2v) is 8.79. The Balaban J connectivity index is 1.66. The van der Waals surface area contributed by atoms with E-state index in [4.69, 9.17) is 9.84 Å². The lowest BCUT2D eigenvalue weighted by molar-refractivity contribution is 0.415. The number of methoxy groups -OCH3 is 1. The summed E-state index contributed by atoms with van der Waals surface area (Å²) in [6.07, 6.45) is 1.55. The van der Waals surface area contributed by atoms with E-state index in [0.717, 1.165) is 16.7 Å². The van der Waals surface area contributed by atoms with Crippen LogP contribution in [-0.2, 0) is 0 Å². The molecule has 6 aromatic rings. The molecule has 3 aromatic heterocycles. The molecule has 0 atom stereocenters. The molecular formula is C31H22N6O2. The highest BCUT2D eigenvalue weighted by molar-refractivity contribution is 5.92. The van der Waals surface area contributed by atoms with E-state index in [2.05, 4.69) is 21.4 Å². The van der Waals surface area contributed by atoms with Gasteiger partial charge in [-0.1, -0.05) is 72.8 Å². The van der Waals surface area contributed by atoms with Gasteiger partial charge < -0.3 is 15.0 Å². The lowest BCUT2D eigenvalue weighted by Crippen LogP contribution is -2.19. The number of aromatic amines is 1. The van der Waals surface area contributed by atoms with Crippen molar-refractivity contribution >= 4 is 17.3 Å². The van der Waals surface area contributed by atoms with Gasteiger partial charge in [0, 0.05) is 11.8 Å². The summed E-state index contributed by atoms with van der Waals surface area (Å²) >= 11 is 0. The molecule has 0 fully saturated rings. The third-order valence-electron chi connectivity index (χ3n) is 6.42. The van der Waals surface area contributed by atoms with Gasteiger partial charge in [-0.2, -0.15) is 14.9 Å². The predicted molar refractivity (Wildman–Crippen MR) is 151 cm³/mol. The van der Waals surface area contributed by atoms with E-state index >= 15 is 0 Å².